The van der Waals surface area contributed by atoms with Crippen molar-refractivity contribution in [3.8, 4) is 0 Å². The van der Waals surface area contributed by atoms with E-state index >= 15 is 0 Å². The Balaban J connectivity index is 1.57. The van der Waals surface area contributed by atoms with Crippen LogP contribution >= 0.6 is 0 Å². The summed E-state index contributed by atoms with van der Waals surface area (Å²) in [5.41, 5.74) is 1.67. The van der Waals surface area contributed by atoms with Crippen molar-refractivity contribution in [1.82, 2.24) is 10.5 Å². The fourth-order valence-electron chi connectivity index (χ4n) is 3.22. The Kier molecular flexibility index (Phi) is 4.52. The van der Waals surface area contributed by atoms with E-state index in [0.29, 0.717) is 18.5 Å². The Bertz CT molecular complexity index is 641. The highest BCUT2D eigenvalue weighted by atomic mass is 19.2. The molecule has 3 nitrogen and oxygen atoms in total. The fraction of sp³-hybridized carbons (Fsp3) is 0.471. The van der Waals surface area contributed by atoms with Gasteiger partial charge in [-0.05, 0) is 43.4 Å². The van der Waals surface area contributed by atoms with Gasteiger partial charge in [-0.25, -0.2) is 8.78 Å². The van der Waals surface area contributed by atoms with Crippen LogP contribution in [0.15, 0.2) is 28.8 Å². The molecule has 2 atom stereocenters. The number of nitrogens with one attached hydrogen (secondary N) is 1. The summed E-state index contributed by atoms with van der Waals surface area (Å²) in [6.45, 7) is 2.47. The lowest BCUT2D eigenvalue weighted by Gasteiger charge is -2.20. The van der Waals surface area contributed by atoms with E-state index in [1.807, 2.05) is 13.0 Å². The molecule has 0 aliphatic heterocycles. The zero-order valence-electron chi connectivity index (χ0n) is 12.6. The van der Waals surface area contributed by atoms with E-state index < -0.39 is 11.6 Å². The summed E-state index contributed by atoms with van der Waals surface area (Å²) >= 11 is 0. The molecule has 22 heavy (non-hydrogen) atoms. The van der Waals surface area contributed by atoms with E-state index in [4.69, 9.17) is 4.52 Å². The lowest BCUT2D eigenvalue weighted by molar-refractivity contribution is 0.329. The predicted octanol–water partition coefficient (Wildman–Crippen LogP) is 3.76. The van der Waals surface area contributed by atoms with Gasteiger partial charge in [0, 0.05) is 25.1 Å². The van der Waals surface area contributed by atoms with Crippen LogP contribution < -0.4 is 5.32 Å². The first kappa shape index (κ1) is 15.2. The van der Waals surface area contributed by atoms with Crippen molar-refractivity contribution in [3.63, 3.8) is 0 Å². The van der Waals surface area contributed by atoms with Crippen molar-refractivity contribution in [2.24, 2.45) is 5.92 Å². The first-order chi connectivity index (χ1) is 10.6. The Labute approximate surface area is 128 Å². The van der Waals surface area contributed by atoms with Gasteiger partial charge in [-0.15, -0.1) is 0 Å². The molecule has 0 bridgehead atoms. The van der Waals surface area contributed by atoms with Gasteiger partial charge in [0.25, 0.3) is 0 Å². The molecule has 2 aromatic rings. The summed E-state index contributed by atoms with van der Waals surface area (Å²) in [5.74, 6) is -0.177. The molecule has 118 valence electrons. The monoisotopic (exact) mass is 306 g/mol. The predicted molar refractivity (Wildman–Crippen MR) is 79.3 cm³/mol. The van der Waals surface area contributed by atoms with Crippen molar-refractivity contribution in [3.05, 3.63) is 52.9 Å². The molecule has 1 heterocycles. The third-order valence-electron chi connectivity index (χ3n) is 4.35. The number of hydrogen-bond acceptors (Lipinski definition) is 3. The molecule has 0 radical (unpaired) electrons. The van der Waals surface area contributed by atoms with Crippen LogP contribution in [0.5, 0.6) is 0 Å². The minimum Gasteiger partial charge on any atom is -0.361 e. The van der Waals surface area contributed by atoms with Crippen LogP contribution in [0.25, 0.3) is 0 Å². The van der Waals surface area contributed by atoms with Crippen molar-refractivity contribution in [2.75, 3.05) is 0 Å². The summed E-state index contributed by atoms with van der Waals surface area (Å²) in [6, 6.07) is 6.40. The number of aromatic nitrogens is 1. The van der Waals surface area contributed by atoms with Gasteiger partial charge < -0.3 is 9.84 Å². The maximum Gasteiger partial charge on any atom is 0.159 e. The highest BCUT2D eigenvalue weighted by Crippen LogP contribution is 2.29. The van der Waals surface area contributed by atoms with Crippen LogP contribution in [0.3, 0.4) is 0 Å². The average molecular weight is 306 g/mol. The Morgan fingerprint density at radius 1 is 1.23 bits per heavy atom. The van der Waals surface area contributed by atoms with Gasteiger partial charge in [-0.1, -0.05) is 17.6 Å². The molecule has 1 aliphatic carbocycles. The molecule has 5 heteroatoms. The number of aryl methyl sites for hydroxylation is 1. The van der Waals surface area contributed by atoms with Crippen molar-refractivity contribution < 1.29 is 13.3 Å². The molecular formula is C17H20F2N2O. The summed E-state index contributed by atoms with van der Waals surface area (Å²) in [5, 5.41) is 7.39. The van der Waals surface area contributed by atoms with E-state index in [2.05, 4.69) is 10.5 Å². The molecule has 0 spiro atoms. The second-order valence-corrected chi connectivity index (χ2v) is 6.07. The highest BCUT2D eigenvalue weighted by Gasteiger charge is 2.28. The van der Waals surface area contributed by atoms with Crippen LogP contribution in [0, 0.1) is 24.5 Å². The first-order valence-electron chi connectivity index (χ1n) is 7.71. The highest BCUT2D eigenvalue weighted by molar-refractivity contribution is 5.17. The Morgan fingerprint density at radius 3 is 2.82 bits per heavy atom. The van der Waals surface area contributed by atoms with Gasteiger partial charge >= 0.3 is 0 Å². The average Bonchev–Trinajstić information content (AvgIpc) is 3.10. The lowest BCUT2D eigenvalue weighted by atomic mass is 9.97. The third kappa shape index (κ3) is 3.53. The zero-order chi connectivity index (χ0) is 15.5. The minimum absolute atomic E-state index is 0.374. The molecule has 1 aromatic carbocycles. The minimum atomic E-state index is -0.803. The van der Waals surface area contributed by atoms with E-state index in [-0.39, 0.29) is 0 Å². The smallest absolute Gasteiger partial charge is 0.159 e. The summed E-state index contributed by atoms with van der Waals surface area (Å²) in [7, 11) is 0. The topological polar surface area (TPSA) is 38.1 Å². The lowest BCUT2D eigenvalue weighted by Crippen LogP contribution is -2.32. The standard InChI is InChI=1S/C17H20F2N2O/c1-11-7-14(22-21-11)9-13-3-2-4-17(13)20-10-12-5-6-15(18)16(19)8-12/h5-8,13,17,20H,2-4,9-10H2,1H3/t13-,17+/m0/s1. The van der Waals surface area contributed by atoms with Crippen LogP contribution in [0.4, 0.5) is 8.78 Å². The molecule has 0 saturated heterocycles. The normalized spacial score (nSPS) is 21.4. The van der Waals surface area contributed by atoms with Crippen LogP contribution in [0.1, 0.15) is 36.3 Å². The molecule has 1 saturated carbocycles. The van der Waals surface area contributed by atoms with Crippen LogP contribution in [-0.4, -0.2) is 11.2 Å². The molecule has 1 fully saturated rings. The number of halogens is 2. The van der Waals surface area contributed by atoms with Gasteiger partial charge in [0.1, 0.15) is 5.76 Å². The first-order valence-corrected chi connectivity index (χ1v) is 7.71. The van der Waals surface area contributed by atoms with E-state index in [1.165, 1.54) is 18.6 Å². The maximum atomic E-state index is 13.2. The van der Waals surface area contributed by atoms with Gasteiger partial charge in [-0.3, -0.25) is 0 Å². The maximum absolute atomic E-state index is 13.2. The second-order valence-electron chi connectivity index (χ2n) is 6.07. The Hall–Kier alpha value is -1.75. The van der Waals surface area contributed by atoms with Crippen LogP contribution in [0.2, 0.25) is 0 Å². The van der Waals surface area contributed by atoms with Gasteiger partial charge in [0.15, 0.2) is 11.6 Å². The van der Waals surface area contributed by atoms with Crippen molar-refractivity contribution in [1.29, 1.82) is 0 Å². The number of benzene rings is 1. The molecule has 3 rings (SSSR count). The SMILES string of the molecule is Cc1cc(C[C@@H]2CCC[C@H]2NCc2ccc(F)c(F)c2)on1. The van der Waals surface area contributed by atoms with Crippen molar-refractivity contribution in [2.45, 2.75) is 45.2 Å². The summed E-state index contributed by atoms with van der Waals surface area (Å²) < 4.78 is 31.5. The Morgan fingerprint density at radius 2 is 2.09 bits per heavy atom. The van der Waals surface area contributed by atoms with Gasteiger partial charge in [0.05, 0.1) is 5.69 Å². The van der Waals surface area contributed by atoms with Crippen LogP contribution in [-0.2, 0) is 13.0 Å². The number of hydrogen-bond donors (Lipinski definition) is 1. The summed E-state index contributed by atoms with van der Waals surface area (Å²) in [4.78, 5) is 0. The van der Waals surface area contributed by atoms with Gasteiger partial charge in [0.2, 0.25) is 0 Å². The van der Waals surface area contributed by atoms with Gasteiger partial charge in [-0.2, -0.15) is 0 Å². The zero-order valence-corrected chi connectivity index (χ0v) is 12.6. The quantitative estimate of drug-likeness (QED) is 0.914. The molecule has 0 unspecified atom stereocenters. The number of nitrogens with zero attached hydrogens (tertiary/aromatic N) is 1. The van der Waals surface area contributed by atoms with E-state index in [9.17, 15) is 8.78 Å². The molecule has 0 amide bonds. The fourth-order valence-corrected chi connectivity index (χ4v) is 3.22. The molecular weight excluding hydrogens is 286 g/mol. The summed E-state index contributed by atoms with van der Waals surface area (Å²) in [6.07, 6.45) is 4.29. The second kappa shape index (κ2) is 6.57. The van der Waals surface area contributed by atoms with Crippen molar-refractivity contribution >= 4 is 0 Å². The number of rotatable bonds is 5. The molecule has 1 aromatic heterocycles. The largest absolute Gasteiger partial charge is 0.361 e. The van der Waals surface area contributed by atoms with E-state index in [1.54, 1.807) is 6.07 Å². The molecule has 1 N–H and O–H groups in total. The van der Waals surface area contributed by atoms with E-state index in [0.717, 1.165) is 36.3 Å². The third-order valence-corrected chi connectivity index (χ3v) is 4.35. The molecule has 1 aliphatic rings.